The molecule has 4 rings (SSSR count). The molecule has 0 aromatic heterocycles. The number of rotatable bonds is 5. The Morgan fingerprint density at radius 3 is 2.44 bits per heavy atom. The number of hydrogen-bond acceptors (Lipinski definition) is 6. The molecule has 3 heterocycles. The molecular weight excluding hydrogens is 348 g/mol. The molecule has 3 aliphatic heterocycles. The van der Waals surface area contributed by atoms with Gasteiger partial charge in [0.1, 0.15) is 12.2 Å². The van der Waals surface area contributed by atoms with Crippen LogP contribution in [0.3, 0.4) is 0 Å². The van der Waals surface area contributed by atoms with Gasteiger partial charge < -0.3 is 28.4 Å². The first-order valence-electron chi connectivity index (χ1n) is 9.78. The quantitative estimate of drug-likeness (QED) is 0.733. The average molecular weight is 378 g/mol. The van der Waals surface area contributed by atoms with E-state index in [9.17, 15) is 0 Å². The maximum atomic E-state index is 6.24. The van der Waals surface area contributed by atoms with E-state index < -0.39 is 17.9 Å². The van der Waals surface area contributed by atoms with E-state index in [-0.39, 0.29) is 24.2 Å². The lowest BCUT2D eigenvalue weighted by Crippen LogP contribution is -2.42. The van der Waals surface area contributed by atoms with E-state index in [1.165, 1.54) is 5.56 Å². The second kappa shape index (κ2) is 7.43. The Kier molecular flexibility index (Phi) is 5.31. The van der Waals surface area contributed by atoms with Crippen LogP contribution < -0.4 is 0 Å². The van der Waals surface area contributed by atoms with Crippen molar-refractivity contribution in [1.82, 2.24) is 0 Å². The second-order valence-corrected chi connectivity index (χ2v) is 8.45. The largest absolute Gasteiger partial charge is 0.377 e. The first-order chi connectivity index (χ1) is 12.8. The molecule has 0 N–H and O–H groups in total. The minimum absolute atomic E-state index is 0.127. The summed E-state index contributed by atoms with van der Waals surface area (Å²) in [5, 5.41) is 0. The fraction of sp³-hybridized carbons (Fsp3) is 0.714. The molecule has 0 amide bonds. The van der Waals surface area contributed by atoms with Crippen molar-refractivity contribution in [2.45, 2.75) is 76.9 Å². The highest BCUT2D eigenvalue weighted by Gasteiger charge is 2.59. The lowest BCUT2D eigenvalue weighted by atomic mass is 9.94. The first kappa shape index (κ1) is 19.3. The van der Waals surface area contributed by atoms with E-state index in [1.807, 2.05) is 45.9 Å². The molecule has 5 atom stereocenters. The summed E-state index contributed by atoms with van der Waals surface area (Å²) in [6.07, 6.45) is -0.141. The van der Waals surface area contributed by atoms with Crippen molar-refractivity contribution < 1.29 is 28.4 Å². The topological polar surface area (TPSA) is 55.4 Å². The van der Waals surface area contributed by atoms with Gasteiger partial charge in [-0.1, -0.05) is 30.3 Å². The second-order valence-electron chi connectivity index (χ2n) is 8.45. The van der Waals surface area contributed by atoms with Crippen molar-refractivity contribution in [2.75, 3.05) is 13.2 Å². The van der Waals surface area contributed by atoms with Crippen LogP contribution in [0.2, 0.25) is 0 Å². The predicted octanol–water partition coefficient (Wildman–Crippen LogP) is 3.24. The highest BCUT2D eigenvalue weighted by molar-refractivity contribution is 5.13. The van der Waals surface area contributed by atoms with Gasteiger partial charge in [-0.05, 0) is 39.7 Å². The number of ether oxygens (including phenoxy) is 6. The van der Waals surface area contributed by atoms with Gasteiger partial charge in [-0.15, -0.1) is 0 Å². The van der Waals surface area contributed by atoms with E-state index in [1.54, 1.807) is 0 Å². The SMILES string of the molecule is CC1(C)OC[C@H](CCOCc2ccccc2)[C@@H]2O[C@@H]3OC(C)(C)O[C@@H]3[C@@H]2O1. The Balaban J connectivity index is 1.38. The molecule has 0 aliphatic carbocycles. The van der Waals surface area contributed by atoms with Gasteiger partial charge in [-0.25, -0.2) is 0 Å². The van der Waals surface area contributed by atoms with Gasteiger partial charge in [0, 0.05) is 12.5 Å². The third-order valence-electron chi connectivity index (χ3n) is 5.30. The van der Waals surface area contributed by atoms with Gasteiger partial charge in [-0.2, -0.15) is 0 Å². The van der Waals surface area contributed by atoms with E-state index in [4.69, 9.17) is 28.4 Å². The van der Waals surface area contributed by atoms with Crippen LogP contribution in [0, 0.1) is 5.92 Å². The van der Waals surface area contributed by atoms with Gasteiger partial charge in [-0.3, -0.25) is 0 Å². The van der Waals surface area contributed by atoms with Crippen molar-refractivity contribution in [1.29, 1.82) is 0 Å². The summed E-state index contributed by atoms with van der Waals surface area (Å²) in [6.45, 7) is 9.48. The summed E-state index contributed by atoms with van der Waals surface area (Å²) in [5.41, 5.74) is 1.17. The molecule has 3 fully saturated rings. The normalized spacial score (nSPS) is 36.8. The van der Waals surface area contributed by atoms with Crippen LogP contribution in [0.1, 0.15) is 39.7 Å². The van der Waals surface area contributed by atoms with E-state index in [0.717, 1.165) is 6.42 Å². The van der Waals surface area contributed by atoms with Crippen LogP contribution in [0.4, 0.5) is 0 Å². The third-order valence-corrected chi connectivity index (χ3v) is 5.30. The van der Waals surface area contributed by atoms with E-state index in [2.05, 4.69) is 12.1 Å². The average Bonchev–Trinajstić information content (AvgIpc) is 3.03. The maximum absolute atomic E-state index is 6.24. The minimum atomic E-state index is -0.684. The van der Waals surface area contributed by atoms with Crippen LogP contribution in [0.25, 0.3) is 0 Å². The minimum Gasteiger partial charge on any atom is -0.377 e. The number of hydrogen-bond donors (Lipinski definition) is 0. The third kappa shape index (κ3) is 4.36. The van der Waals surface area contributed by atoms with Crippen molar-refractivity contribution in [3.8, 4) is 0 Å². The highest BCUT2D eigenvalue weighted by atomic mass is 16.8. The lowest BCUT2D eigenvalue weighted by Gasteiger charge is -2.30. The van der Waals surface area contributed by atoms with Gasteiger partial charge >= 0.3 is 0 Å². The summed E-state index contributed by atoms with van der Waals surface area (Å²) in [6, 6.07) is 10.2. The zero-order valence-electron chi connectivity index (χ0n) is 16.6. The van der Waals surface area contributed by atoms with Gasteiger partial charge in [0.15, 0.2) is 17.9 Å². The molecule has 0 spiro atoms. The van der Waals surface area contributed by atoms with Gasteiger partial charge in [0.05, 0.1) is 19.3 Å². The zero-order chi connectivity index (χ0) is 19.1. The van der Waals surface area contributed by atoms with Crippen molar-refractivity contribution in [3.05, 3.63) is 35.9 Å². The summed E-state index contributed by atoms with van der Waals surface area (Å²) >= 11 is 0. The molecule has 150 valence electrons. The molecular formula is C21H30O6. The maximum Gasteiger partial charge on any atom is 0.190 e. The van der Waals surface area contributed by atoms with Crippen LogP contribution in [0.5, 0.6) is 0 Å². The Labute approximate surface area is 161 Å². The van der Waals surface area contributed by atoms with Crippen molar-refractivity contribution >= 4 is 0 Å². The Morgan fingerprint density at radius 2 is 1.67 bits per heavy atom. The van der Waals surface area contributed by atoms with Gasteiger partial charge in [0.2, 0.25) is 0 Å². The monoisotopic (exact) mass is 378 g/mol. The molecule has 1 aromatic rings. The Morgan fingerprint density at radius 1 is 0.926 bits per heavy atom. The molecule has 27 heavy (non-hydrogen) atoms. The van der Waals surface area contributed by atoms with Crippen molar-refractivity contribution in [2.24, 2.45) is 5.92 Å². The number of benzene rings is 1. The molecule has 0 radical (unpaired) electrons. The van der Waals surface area contributed by atoms with E-state index in [0.29, 0.717) is 19.8 Å². The summed E-state index contributed by atoms with van der Waals surface area (Å²) in [5.74, 6) is -1.18. The molecule has 3 saturated heterocycles. The Bertz CT molecular complexity index is 631. The number of fused-ring (bicyclic) bond motifs is 3. The first-order valence-corrected chi connectivity index (χ1v) is 9.78. The zero-order valence-corrected chi connectivity index (χ0v) is 16.6. The highest BCUT2D eigenvalue weighted by Crippen LogP contribution is 2.44. The predicted molar refractivity (Wildman–Crippen MR) is 97.8 cm³/mol. The molecule has 0 unspecified atom stereocenters. The van der Waals surface area contributed by atoms with Gasteiger partial charge in [0.25, 0.3) is 0 Å². The van der Waals surface area contributed by atoms with Crippen LogP contribution in [-0.4, -0.2) is 49.4 Å². The molecule has 0 saturated carbocycles. The summed E-state index contributed by atoms with van der Waals surface area (Å²) in [4.78, 5) is 0. The molecule has 3 aliphatic rings. The van der Waals surface area contributed by atoms with Crippen LogP contribution in [0.15, 0.2) is 30.3 Å². The fourth-order valence-electron chi connectivity index (χ4n) is 4.03. The van der Waals surface area contributed by atoms with E-state index >= 15 is 0 Å². The summed E-state index contributed by atoms with van der Waals surface area (Å²) < 4.78 is 36.3. The standard InChI is InChI=1S/C21H30O6/c1-20(2)23-13-15(10-11-22-12-14-8-6-5-7-9-14)16-17(25-20)18-19(24-16)27-21(3,4)26-18/h5-9,15-19H,10-13H2,1-4H3/t15-,16-,17+,18+,19+/m0/s1. The summed E-state index contributed by atoms with van der Waals surface area (Å²) in [7, 11) is 0. The molecule has 6 nitrogen and oxygen atoms in total. The Hall–Kier alpha value is -1.02. The smallest absolute Gasteiger partial charge is 0.190 e. The molecule has 0 bridgehead atoms. The van der Waals surface area contributed by atoms with Crippen LogP contribution in [-0.2, 0) is 35.0 Å². The molecule has 1 aromatic carbocycles. The fourth-order valence-corrected chi connectivity index (χ4v) is 4.03. The van der Waals surface area contributed by atoms with Crippen molar-refractivity contribution in [3.63, 3.8) is 0 Å². The lowest BCUT2D eigenvalue weighted by molar-refractivity contribution is -0.253. The van der Waals surface area contributed by atoms with Crippen LogP contribution >= 0.6 is 0 Å². The molecule has 6 heteroatoms.